The summed E-state index contributed by atoms with van der Waals surface area (Å²) in [6.45, 7) is 4.16. The topological polar surface area (TPSA) is 80.5 Å². The Balaban J connectivity index is 0.00000342. The van der Waals surface area contributed by atoms with Gasteiger partial charge in [0.1, 0.15) is 7.05 Å². The third-order valence-electron chi connectivity index (χ3n) is 5.64. The van der Waals surface area contributed by atoms with Crippen LogP contribution in [0.3, 0.4) is 0 Å². The number of halogens is 1. The Morgan fingerprint density at radius 1 is 0.771 bits per heavy atom. The van der Waals surface area contributed by atoms with Gasteiger partial charge in [-0.05, 0) is 43.7 Å². The van der Waals surface area contributed by atoms with Crippen molar-refractivity contribution in [1.29, 1.82) is 0 Å². The average molecular weight is 538 g/mol. The lowest BCUT2D eigenvalue weighted by molar-refractivity contribution is -0.650. The van der Waals surface area contributed by atoms with Crippen LogP contribution in [0.2, 0.25) is 0 Å². The van der Waals surface area contributed by atoms with Crippen LogP contribution in [0.4, 0.5) is 21.0 Å². The van der Waals surface area contributed by atoms with E-state index in [-0.39, 0.29) is 17.0 Å². The van der Waals surface area contributed by atoms with Crippen molar-refractivity contribution in [2.45, 2.75) is 20.3 Å². The van der Waals surface area contributed by atoms with Gasteiger partial charge in [-0.15, -0.1) is 0 Å². The van der Waals surface area contributed by atoms with Crippen LogP contribution in [0, 0.1) is 0 Å². The third-order valence-corrected chi connectivity index (χ3v) is 5.64. The number of aryl methyl sites for hydroxylation is 1. The second kappa shape index (κ2) is 11.7. The molecule has 1 heterocycles. The van der Waals surface area contributed by atoms with Crippen molar-refractivity contribution in [1.82, 2.24) is 0 Å². The first-order valence-electron chi connectivity index (χ1n) is 11.3. The van der Waals surface area contributed by atoms with Gasteiger partial charge in [0.05, 0.1) is 36.1 Å². The maximum atomic E-state index is 12.0. The summed E-state index contributed by atoms with van der Waals surface area (Å²) >= 11 is 0. The van der Waals surface area contributed by atoms with Gasteiger partial charge in [0.15, 0.2) is 5.69 Å². The first-order valence-corrected chi connectivity index (χ1v) is 11.3. The molecule has 3 aromatic carbocycles. The monoisotopic (exact) mass is 537 g/mol. The Labute approximate surface area is 214 Å². The Hall–Kier alpha value is -3.65. The molecule has 1 aromatic heterocycles. The quantitative estimate of drug-likeness (QED) is 0.292. The molecule has 2 N–H and O–H groups in total. The van der Waals surface area contributed by atoms with E-state index in [1.807, 2.05) is 61.6 Å². The summed E-state index contributed by atoms with van der Waals surface area (Å²) in [5.74, 6) is 0. The number of carbonyl (C=O) groups excluding carboxylic acids is 2. The van der Waals surface area contributed by atoms with Crippen LogP contribution in [-0.2, 0) is 22.9 Å². The van der Waals surface area contributed by atoms with Gasteiger partial charge in [0.25, 0.3) is 0 Å². The van der Waals surface area contributed by atoms with Crippen molar-refractivity contribution in [2.75, 3.05) is 23.8 Å². The predicted molar refractivity (Wildman–Crippen MR) is 133 cm³/mol. The Morgan fingerprint density at radius 2 is 1.34 bits per heavy atom. The van der Waals surface area contributed by atoms with Crippen LogP contribution in [0.1, 0.15) is 25.1 Å². The highest BCUT2D eigenvalue weighted by Crippen LogP contribution is 2.30. The van der Waals surface area contributed by atoms with Gasteiger partial charge in [-0.25, -0.2) is 9.59 Å². The number of anilines is 2. The standard InChI is InChI=1S/C27H27N3O4.BrH/c1-4-33-26(31)28-19-11-13-21-22-14-12-20(29-27(32)34-5-2)17-25(22)30(3)24(23(21)16-19)15-18-9-7-6-8-10-18;/h6-14,16-17H,4-5,15H2,1-3H3,(H,28,31);1H. The molecule has 0 fully saturated rings. The van der Waals surface area contributed by atoms with Crippen LogP contribution in [-0.4, -0.2) is 25.4 Å². The molecule has 182 valence electrons. The van der Waals surface area contributed by atoms with Crippen LogP contribution in [0.25, 0.3) is 21.7 Å². The van der Waals surface area contributed by atoms with Crippen LogP contribution >= 0.6 is 0 Å². The molecule has 7 nitrogen and oxygen atoms in total. The summed E-state index contributed by atoms with van der Waals surface area (Å²) in [5, 5.41) is 8.70. The predicted octanol–water partition coefficient (Wildman–Crippen LogP) is 2.55. The zero-order valence-corrected chi connectivity index (χ0v) is 21.5. The summed E-state index contributed by atoms with van der Waals surface area (Å²) in [7, 11) is 2.01. The number of nitrogens with one attached hydrogen (secondary N) is 2. The number of nitrogens with zero attached hydrogens (tertiary/aromatic N) is 1. The summed E-state index contributed by atoms with van der Waals surface area (Å²) in [6, 6.07) is 21.9. The number of hydrogen-bond acceptors (Lipinski definition) is 4. The highest BCUT2D eigenvalue weighted by atomic mass is 79.9. The van der Waals surface area contributed by atoms with Gasteiger partial charge in [-0.2, -0.15) is 4.57 Å². The summed E-state index contributed by atoms with van der Waals surface area (Å²) in [6.07, 6.45) is -0.266. The van der Waals surface area contributed by atoms with Crippen molar-refractivity contribution in [2.24, 2.45) is 7.05 Å². The molecule has 0 aliphatic heterocycles. The number of benzene rings is 3. The van der Waals surface area contributed by atoms with Gasteiger partial charge < -0.3 is 26.5 Å². The number of fused-ring (bicyclic) bond motifs is 3. The van der Waals surface area contributed by atoms with Crippen molar-refractivity contribution >= 4 is 45.2 Å². The molecule has 0 aliphatic carbocycles. The Bertz CT molecular complexity index is 1360. The molecule has 0 unspecified atom stereocenters. The highest BCUT2D eigenvalue weighted by molar-refractivity contribution is 6.07. The molecule has 0 spiro atoms. The SMILES string of the molecule is CCOC(=O)Nc1ccc2c(c1)c(Cc1ccccc1)[n+](C)c1cc(NC(=O)OCC)ccc21.[Br-]. The fourth-order valence-electron chi connectivity index (χ4n) is 4.11. The molecular formula is C27H28BrN3O4. The van der Waals surface area contributed by atoms with E-state index in [2.05, 4.69) is 27.3 Å². The largest absolute Gasteiger partial charge is 1.00 e. The molecule has 8 heteroatoms. The van der Waals surface area contributed by atoms with E-state index in [4.69, 9.17) is 9.47 Å². The molecule has 4 rings (SSSR count). The molecule has 0 aliphatic rings. The van der Waals surface area contributed by atoms with E-state index >= 15 is 0 Å². The summed E-state index contributed by atoms with van der Waals surface area (Å²) < 4.78 is 12.2. The van der Waals surface area contributed by atoms with Crippen molar-refractivity contribution in [3.63, 3.8) is 0 Å². The molecule has 0 saturated carbocycles. The Morgan fingerprint density at radius 3 is 1.94 bits per heavy atom. The van der Waals surface area contributed by atoms with Crippen LogP contribution < -0.4 is 32.2 Å². The number of ether oxygens (including phenoxy) is 2. The van der Waals surface area contributed by atoms with E-state index < -0.39 is 12.2 Å². The molecule has 4 aromatic rings. The fraction of sp³-hybridized carbons (Fsp3) is 0.222. The van der Waals surface area contributed by atoms with Crippen LogP contribution in [0.5, 0.6) is 0 Å². The Kier molecular flexibility index (Phi) is 8.65. The van der Waals surface area contributed by atoms with E-state index in [0.29, 0.717) is 31.0 Å². The van der Waals surface area contributed by atoms with Gasteiger partial charge >= 0.3 is 12.2 Å². The lowest BCUT2D eigenvalue weighted by Crippen LogP contribution is -3.00. The molecule has 35 heavy (non-hydrogen) atoms. The molecule has 0 saturated heterocycles. The first kappa shape index (κ1) is 26.0. The minimum atomic E-state index is -0.482. The molecule has 0 atom stereocenters. The van der Waals surface area contributed by atoms with Gasteiger partial charge in [-0.3, -0.25) is 10.6 Å². The molecular weight excluding hydrogens is 510 g/mol. The van der Waals surface area contributed by atoms with E-state index in [1.165, 1.54) is 5.56 Å². The van der Waals surface area contributed by atoms with E-state index in [0.717, 1.165) is 27.4 Å². The zero-order chi connectivity index (χ0) is 24.1. The first-order chi connectivity index (χ1) is 16.5. The average Bonchev–Trinajstić information content (AvgIpc) is 2.82. The maximum absolute atomic E-state index is 12.0. The number of pyridine rings is 1. The summed E-state index contributed by atoms with van der Waals surface area (Å²) in [5.41, 5.74) is 4.55. The zero-order valence-electron chi connectivity index (χ0n) is 19.9. The fourth-order valence-corrected chi connectivity index (χ4v) is 4.11. The van der Waals surface area contributed by atoms with Crippen LogP contribution in [0.15, 0.2) is 66.7 Å². The normalized spacial score (nSPS) is 10.5. The van der Waals surface area contributed by atoms with Crippen molar-refractivity contribution in [3.05, 3.63) is 78.0 Å². The molecule has 2 amide bonds. The number of amides is 2. The van der Waals surface area contributed by atoms with Gasteiger partial charge in [0, 0.05) is 17.1 Å². The van der Waals surface area contributed by atoms with Gasteiger partial charge in [-0.1, -0.05) is 36.4 Å². The second-order valence-corrected chi connectivity index (χ2v) is 7.85. The maximum Gasteiger partial charge on any atom is 0.411 e. The number of rotatable bonds is 6. The van der Waals surface area contributed by atoms with Gasteiger partial charge in [0.2, 0.25) is 5.52 Å². The smallest absolute Gasteiger partial charge is 0.411 e. The number of aromatic nitrogens is 1. The lowest BCUT2D eigenvalue weighted by Gasteiger charge is -2.13. The molecule has 0 bridgehead atoms. The highest BCUT2D eigenvalue weighted by Gasteiger charge is 2.21. The number of carbonyl (C=O) groups is 2. The minimum Gasteiger partial charge on any atom is -1.00 e. The van der Waals surface area contributed by atoms with E-state index in [9.17, 15) is 9.59 Å². The number of hydrogen-bond donors (Lipinski definition) is 2. The third kappa shape index (κ3) is 5.89. The van der Waals surface area contributed by atoms with Crippen molar-refractivity contribution in [3.8, 4) is 0 Å². The minimum absolute atomic E-state index is 0. The lowest BCUT2D eigenvalue weighted by atomic mass is 9.98. The summed E-state index contributed by atoms with van der Waals surface area (Å²) in [4.78, 5) is 23.9. The van der Waals surface area contributed by atoms with E-state index in [1.54, 1.807) is 13.8 Å². The van der Waals surface area contributed by atoms with Crippen molar-refractivity contribution < 1.29 is 40.6 Å². The second-order valence-electron chi connectivity index (χ2n) is 7.85. The molecule has 0 radical (unpaired) electrons.